The van der Waals surface area contributed by atoms with Gasteiger partial charge in [-0.2, -0.15) is 0 Å². The molecule has 0 saturated heterocycles. The molecule has 0 spiro atoms. The maximum atomic E-state index is 12.2. The summed E-state index contributed by atoms with van der Waals surface area (Å²) in [6, 6.07) is 28.5. The molecule has 0 heterocycles. The molecule has 1 N–H and O–H groups in total. The average Bonchev–Trinajstić information content (AvgIpc) is 2.88. The highest BCUT2D eigenvalue weighted by molar-refractivity contribution is 6.25. The van der Waals surface area contributed by atoms with E-state index in [0.29, 0.717) is 11.3 Å². The van der Waals surface area contributed by atoms with Crippen LogP contribution in [0.3, 0.4) is 0 Å². The lowest BCUT2D eigenvalue weighted by atomic mass is 9.90. The lowest BCUT2D eigenvalue weighted by Crippen LogP contribution is -2.16. The summed E-state index contributed by atoms with van der Waals surface area (Å²) in [5.74, 6) is -0.322. The van der Waals surface area contributed by atoms with Gasteiger partial charge in [0.15, 0.2) is 0 Å². The first-order chi connectivity index (χ1) is 16.6. The minimum absolute atomic E-state index is 0.0537. The van der Waals surface area contributed by atoms with Crippen molar-refractivity contribution in [2.75, 3.05) is 0 Å². The fourth-order valence-electron chi connectivity index (χ4n) is 5.02. The predicted octanol–water partition coefficient (Wildman–Crippen LogP) is 8.47. The Bertz CT molecular complexity index is 1480. The molecule has 0 radical (unpaired) electrons. The second-order valence-corrected chi connectivity index (χ2v) is 8.77. The van der Waals surface area contributed by atoms with Gasteiger partial charge in [0, 0.05) is 5.56 Å². The van der Waals surface area contributed by atoms with Gasteiger partial charge in [-0.3, -0.25) is 0 Å². The number of carbonyl (C=O) groups is 1. The predicted molar refractivity (Wildman–Crippen MR) is 141 cm³/mol. The van der Waals surface area contributed by atoms with Gasteiger partial charge < -0.3 is 9.84 Å². The van der Waals surface area contributed by atoms with Gasteiger partial charge in [-0.1, -0.05) is 87.0 Å². The molecule has 5 aromatic rings. The number of hydrogen-bond acceptors (Lipinski definition) is 2. The van der Waals surface area contributed by atoms with Crippen molar-refractivity contribution in [3.8, 4) is 16.9 Å². The molecule has 1 atom stereocenters. The second-order valence-electron chi connectivity index (χ2n) is 8.77. The maximum absolute atomic E-state index is 12.2. The van der Waals surface area contributed by atoms with Crippen LogP contribution in [0.1, 0.15) is 43.5 Å². The van der Waals surface area contributed by atoms with E-state index in [1.165, 1.54) is 16.2 Å². The quantitative estimate of drug-likeness (QED) is 0.254. The van der Waals surface area contributed by atoms with Gasteiger partial charge in [0.05, 0.1) is 11.7 Å². The average molecular weight is 449 g/mol. The van der Waals surface area contributed by atoms with Crippen LogP contribution in [-0.2, 0) is 0 Å². The van der Waals surface area contributed by atoms with Crippen LogP contribution in [0.15, 0.2) is 84.9 Å². The molecule has 0 saturated carbocycles. The van der Waals surface area contributed by atoms with Crippen LogP contribution in [0, 0.1) is 0 Å². The van der Waals surface area contributed by atoms with Crippen LogP contribution in [0.4, 0.5) is 0 Å². The lowest BCUT2D eigenvalue weighted by molar-refractivity contribution is 0.0697. The number of carboxylic acids is 1. The van der Waals surface area contributed by atoms with Crippen molar-refractivity contribution in [3.63, 3.8) is 0 Å². The summed E-state index contributed by atoms with van der Waals surface area (Å²) in [5.41, 5.74) is 1.75. The van der Waals surface area contributed by atoms with Crippen LogP contribution < -0.4 is 4.74 Å². The first-order valence-corrected chi connectivity index (χ1v) is 12.0. The summed E-state index contributed by atoms with van der Waals surface area (Å²) in [5, 5.41) is 17.1. The third kappa shape index (κ3) is 3.77. The molecule has 0 fully saturated rings. The molecule has 0 aromatic heterocycles. The Balaban J connectivity index is 1.79. The van der Waals surface area contributed by atoms with E-state index in [9.17, 15) is 9.90 Å². The number of rotatable bonds is 7. The molecule has 5 rings (SSSR count). The largest absolute Gasteiger partial charge is 0.490 e. The second kappa shape index (κ2) is 9.18. The van der Waals surface area contributed by atoms with Crippen LogP contribution in [0.5, 0.6) is 5.75 Å². The Kier molecular flexibility index (Phi) is 5.93. The third-order valence-corrected chi connectivity index (χ3v) is 6.65. The van der Waals surface area contributed by atoms with E-state index < -0.39 is 5.97 Å². The normalized spacial score (nSPS) is 12.3. The summed E-state index contributed by atoms with van der Waals surface area (Å²) in [6.45, 7) is 4.24. The first kappa shape index (κ1) is 22.0. The monoisotopic (exact) mass is 448 g/mol. The van der Waals surface area contributed by atoms with Crippen molar-refractivity contribution in [1.82, 2.24) is 0 Å². The van der Waals surface area contributed by atoms with E-state index >= 15 is 0 Å². The fraction of sp³-hybridized carbons (Fsp3) is 0.194. The number of benzene rings is 5. The summed E-state index contributed by atoms with van der Waals surface area (Å²) in [6.07, 6.45) is 2.88. The number of ether oxygens (including phenoxy) is 1. The zero-order chi connectivity index (χ0) is 23.7. The molecule has 0 bridgehead atoms. The van der Waals surface area contributed by atoms with Gasteiger partial charge in [-0.05, 0) is 68.9 Å². The van der Waals surface area contributed by atoms with E-state index in [1.54, 1.807) is 12.1 Å². The van der Waals surface area contributed by atoms with Crippen LogP contribution in [-0.4, -0.2) is 17.2 Å². The van der Waals surface area contributed by atoms with Crippen molar-refractivity contribution in [1.29, 1.82) is 0 Å². The molecular weight excluding hydrogens is 420 g/mol. The SMILES string of the molecule is CCCC(CC)Oc1cccc(C(=O)O)c1-c1ccc2c3ccccc3c3ccccc3c2c1. The van der Waals surface area contributed by atoms with Crippen molar-refractivity contribution >= 4 is 38.3 Å². The molecule has 170 valence electrons. The van der Waals surface area contributed by atoms with Gasteiger partial charge in [0.25, 0.3) is 0 Å². The van der Waals surface area contributed by atoms with Gasteiger partial charge in [0.1, 0.15) is 5.75 Å². The van der Waals surface area contributed by atoms with E-state index in [2.05, 4.69) is 74.5 Å². The molecule has 3 heteroatoms. The zero-order valence-corrected chi connectivity index (χ0v) is 19.5. The first-order valence-electron chi connectivity index (χ1n) is 12.0. The van der Waals surface area contributed by atoms with E-state index in [4.69, 9.17) is 4.74 Å². The molecule has 3 nitrogen and oxygen atoms in total. The highest BCUT2D eigenvalue weighted by atomic mass is 16.5. The molecule has 0 amide bonds. The molecule has 1 unspecified atom stereocenters. The Morgan fingerprint density at radius 1 is 0.765 bits per heavy atom. The molecule has 0 aliphatic rings. The minimum atomic E-state index is -0.951. The summed E-state index contributed by atoms with van der Waals surface area (Å²) >= 11 is 0. The Morgan fingerprint density at radius 3 is 1.91 bits per heavy atom. The van der Waals surface area contributed by atoms with Gasteiger partial charge in [0.2, 0.25) is 0 Å². The highest BCUT2D eigenvalue weighted by Crippen LogP contribution is 2.40. The lowest BCUT2D eigenvalue weighted by Gasteiger charge is -2.21. The van der Waals surface area contributed by atoms with Crippen LogP contribution in [0.2, 0.25) is 0 Å². The van der Waals surface area contributed by atoms with E-state index in [-0.39, 0.29) is 11.7 Å². The highest BCUT2D eigenvalue weighted by Gasteiger charge is 2.20. The zero-order valence-electron chi connectivity index (χ0n) is 19.5. The summed E-state index contributed by atoms with van der Waals surface area (Å²) < 4.78 is 6.39. The summed E-state index contributed by atoms with van der Waals surface area (Å²) in [4.78, 5) is 12.2. The Hall–Kier alpha value is -3.85. The van der Waals surface area contributed by atoms with Crippen molar-refractivity contribution < 1.29 is 14.6 Å². The molecule has 34 heavy (non-hydrogen) atoms. The Morgan fingerprint density at radius 2 is 1.35 bits per heavy atom. The van der Waals surface area contributed by atoms with Gasteiger partial charge in [-0.15, -0.1) is 0 Å². The number of fused-ring (bicyclic) bond motifs is 6. The summed E-state index contributed by atoms with van der Waals surface area (Å²) in [7, 11) is 0. The number of carboxylic acid groups (broad SMARTS) is 1. The van der Waals surface area contributed by atoms with Crippen molar-refractivity contribution in [2.45, 2.75) is 39.2 Å². The smallest absolute Gasteiger partial charge is 0.336 e. The maximum Gasteiger partial charge on any atom is 0.336 e. The van der Waals surface area contributed by atoms with Crippen molar-refractivity contribution in [2.24, 2.45) is 0 Å². The minimum Gasteiger partial charge on any atom is -0.490 e. The van der Waals surface area contributed by atoms with Gasteiger partial charge in [-0.25, -0.2) is 4.79 Å². The number of aromatic carboxylic acids is 1. The molecular formula is C31H28O3. The van der Waals surface area contributed by atoms with Crippen molar-refractivity contribution in [3.05, 3.63) is 90.5 Å². The standard InChI is InChI=1S/C31H28O3/c1-3-10-21(4-2)34-29-16-9-15-27(31(32)33)30(29)20-17-18-26-24-13-6-5-11-22(24)23-12-7-8-14-25(23)28(26)19-20/h5-9,11-19,21H,3-4,10H2,1-2H3,(H,32,33). The topological polar surface area (TPSA) is 46.5 Å². The molecule has 0 aliphatic carbocycles. The number of hydrogen-bond donors (Lipinski definition) is 1. The Labute approximate surface area is 199 Å². The van der Waals surface area contributed by atoms with E-state index in [0.717, 1.165) is 41.0 Å². The molecule has 5 aromatic carbocycles. The van der Waals surface area contributed by atoms with Gasteiger partial charge >= 0.3 is 5.97 Å². The molecule has 0 aliphatic heterocycles. The van der Waals surface area contributed by atoms with Crippen LogP contribution >= 0.6 is 0 Å². The third-order valence-electron chi connectivity index (χ3n) is 6.65. The van der Waals surface area contributed by atoms with Crippen LogP contribution in [0.25, 0.3) is 43.4 Å². The van der Waals surface area contributed by atoms with E-state index in [1.807, 2.05) is 12.1 Å². The fourth-order valence-corrected chi connectivity index (χ4v) is 5.02.